The van der Waals surface area contributed by atoms with E-state index in [0.29, 0.717) is 13.0 Å². The Morgan fingerprint density at radius 3 is 2.28 bits per heavy atom. The van der Waals surface area contributed by atoms with Crippen molar-refractivity contribution in [2.75, 3.05) is 32.4 Å². The minimum atomic E-state index is -3.23. The summed E-state index contributed by atoms with van der Waals surface area (Å²) in [7, 11) is -3.23. The molecule has 0 saturated carbocycles. The molecule has 1 unspecified atom stereocenters. The molecule has 0 aliphatic carbocycles. The molecule has 5 nitrogen and oxygen atoms in total. The van der Waals surface area contributed by atoms with Crippen molar-refractivity contribution in [3.05, 3.63) is 65.7 Å². The van der Waals surface area contributed by atoms with Gasteiger partial charge in [-0.1, -0.05) is 42.5 Å². The number of nitrogens with zero attached hydrogens (tertiary/aromatic N) is 2. The Bertz CT molecular complexity index is 972. The largest absolute Gasteiger partial charge is 0.340 e. The number of rotatable bonds is 9. The lowest BCUT2D eigenvalue weighted by Gasteiger charge is -2.38. The summed E-state index contributed by atoms with van der Waals surface area (Å²) in [5.41, 5.74) is 2.00. The molecule has 32 heavy (non-hydrogen) atoms. The lowest BCUT2D eigenvalue weighted by molar-refractivity contribution is -0.133. The van der Waals surface area contributed by atoms with Crippen molar-refractivity contribution in [3.8, 4) is 0 Å². The van der Waals surface area contributed by atoms with Crippen LogP contribution in [0.1, 0.15) is 42.7 Å². The van der Waals surface area contributed by atoms with Gasteiger partial charge in [0.25, 0.3) is 0 Å². The first-order chi connectivity index (χ1) is 15.3. The average Bonchev–Trinajstić information content (AvgIpc) is 2.79. The van der Waals surface area contributed by atoms with Crippen LogP contribution in [-0.4, -0.2) is 62.6 Å². The Morgan fingerprint density at radius 1 is 1.09 bits per heavy atom. The van der Waals surface area contributed by atoms with Gasteiger partial charge in [0.1, 0.15) is 0 Å². The highest BCUT2D eigenvalue weighted by molar-refractivity contribution is 7.90. The van der Waals surface area contributed by atoms with Crippen LogP contribution in [0.5, 0.6) is 0 Å². The van der Waals surface area contributed by atoms with E-state index in [1.54, 1.807) is 24.3 Å². The summed E-state index contributed by atoms with van der Waals surface area (Å²) in [5.74, 6) is 0.1000. The van der Waals surface area contributed by atoms with Crippen LogP contribution in [0.4, 0.5) is 0 Å². The molecular weight excluding hydrogens is 444 g/mol. The Morgan fingerprint density at radius 2 is 1.72 bits per heavy atom. The Labute approximate surface area is 197 Å². The molecule has 3 rings (SSSR count). The van der Waals surface area contributed by atoms with Gasteiger partial charge in [-0.25, -0.2) is 8.42 Å². The van der Waals surface area contributed by atoms with Gasteiger partial charge in [-0.15, -0.1) is 11.6 Å². The van der Waals surface area contributed by atoms with Crippen LogP contribution < -0.4 is 0 Å². The summed E-state index contributed by atoms with van der Waals surface area (Å²) in [6.45, 7) is 5.60. The number of carbonyl (C=O) groups is 1. The standard InChI is InChI=1S/C25H33ClN2O3S/c1-3-28(25(29)19-20-9-11-23(12-10-20)32(2,30)31)22-13-16-27(17-14-22)18-15-24(26)21-7-5-4-6-8-21/h4-12,22,24H,3,13-19H2,1-2H3. The van der Waals surface area contributed by atoms with Crippen LogP contribution >= 0.6 is 11.6 Å². The van der Waals surface area contributed by atoms with Crippen molar-refractivity contribution in [2.24, 2.45) is 0 Å². The quantitative estimate of drug-likeness (QED) is 0.506. The maximum atomic E-state index is 13.0. The summed E-state index contributed by atoms with van der Waals surface area (Å²) < 4.78 is 23.2. The number of hydrogen-bond acceptors (Lipinski definition) is 4. The molecule has 0 bridgehead atoms. The number of carbonyl (C=O) groups excluding carboxylic acids is 1. The molecule has 0 radical (unpaired) electrons. The van der Waals surface area contributed by atoms with Gasteiger partial charge < -0.3 is 9.80 Å². The molecule has 1 fully saturated rings. The van der Waals surface area contributed by atoms with E-state index >= 15 is 0 Å². The number of piperidine rings is 1. The molecule has 1 atom stereocenters. The number of halogens is 1. The van der Waals surface area contributed by atoms with Gasteiger partial charge in [0.15, 0.2) is 9.84 Å². The topological polar surface area (TPSA) is 57.7 Å². The summed E-state index contributed by atoms with van der Waals surface area (Å²) in [6.07, 6.45) is 4.32. The monoisotopic (exact) mass is 476 g/mol. The van der Waals surface area contributed by atoms with E-state index < -0.39 is 9.84 Å². The molecule has 174 valence electrons. The van der Waals surface area contributed by atoms with Crippen molar-refractivity contribution in [3.63, 3.8) is 0 Å². The average molecular weight is 477 g/mol. The third kappa shape index (κ3) is 6.80. The lowest BCUT2D eigenvalue weighted by Crippen LogP contribution is -2.48. The molecule has 1 amide bonds. The summed E-state index contributed by atoms with van der Waals surface area (Å²) in [4.78, 5) is 17.7. The van der Waals surface area contributed by atoms with Crippen LogP contribution in [0, 0.1) is 0 Å². The van der Waals surface area contributed by atoms with E-state index in [4.69, 9.17) is 11.6 Å². The number of amides is 1. The number of alkyl halides is 1. The van der Waals surface area contributed by atoms with Crippen LogP contribution in [0.15, 0.2) is 59.5 Å². The number of sulfone groups is 1. The van der Waals surface area contributed by atoms with Crippen LogP contribution in [0.3, 0.4) is 0 Å². The Hall–Kier alpha value is -1.89. The molecule has 0 N–H and O–H groups in total. The first-order valence-corrected chi connectivity index (χ1v) is 13.6. The van der Waals surface area contributed by atoms with E-state index in [9.17, 15) is 13.2 Å². The van der Waals surface area contributed by atoms with Crippen molar-refractivity contribution in [2.45, 2.75) is 48.9 Å². The molecule has 1 heterocycles. The highest BCUT2D eigenvalue weighted by atomic mass is 35.5. The van der Waals surface area contributed by atoms with Crippen molar-refractivity contribution in [1.29, 1.82) is 0 Å². The smallest absolute Gasteiger partial charge is 0.227 e. The number of likely N-dealkylation sites (tertiary alicyclic amines) is 1. The van der Waals surface area contributed by atoms with Crippen molar-refractivity contribution >= 4 is 27.3 Å². The maximum Gasteiger partial charge on any atom is 0.227 e. The highest BCUT2D eigenvalue weighted by Crippen LogP contribution is 2.25. The summed E-state index contributed by atoms with van der Waals surface area (Å²) in [6, 6.07) is 17.1. The van der Waals surface area contributed by atoms with Crippen LogP contribution in [0.2, 0.25) is 0 Å². The zero-order valence-electron chi connectivity index (χ0n) is 18.9. The molecule has 2 aromatic rings. The Kier molecular flexibility index (Phi) is 8.74. The van der Waals surface area contributed by atoms with E-state index in [1.165, 1.54) is 6.26 Å². The molecule has 1 saturated heterocycles. The zero-order valence-corrected chi connectivity index (χ0v) is 20.5. The molecule has 0 aromatic heterocycles. The SMILES string of the molecule is CCN(C(=O)Cc1ccc(S(C)(=O)=O)cc1)C1CCN(CCC(Cl)c2ccccc2)CC1. The molecule has 0 spiro atoms. The van der Waals surface area contributed by atoms with Gasteiger partial charge >= 0.3 is 0 Å². The fourth-order valence-corrected chi connectivity index (χ4v) is 5.22. The number of likely N-dealkylation sites (N-methyl/N-ethyl adjacent to an activating group) is 1. The second kappa shape index (κ2) is 11.3. The fraction of sp³-hybridized carbons (Fsp3) is 0.480. The van der Waals surface area contributed by atoms with E-state index in [-0.39, 0.29) is 22.2 Å². The second-order valence-electron chi connectivity index (χ2n) is 8.51. The number of hydrogen-bond donors (Lipinski definition) is 0. The van der Waals surface area contributed by atoms with Gasteiger partial charge in [-0.05, 0) is 56.0 Å². The lowest BCUT2D eigenvalue weighted by atomic mass is 10.0. The van der Waals surface area contributed by atoms with Crippen LogP contribution in [0.25, 0.3) is 0 Å². The van der Waals surface area contributed by atoms with E-state index in [0.717, 1.165) is 50.0 Å². The third-order valence-electron chi connectivity index (χ3n) is 6.23. The molecule has 2 aromatic carbocycles. The van der Waals surface area contributed by atoms with Crippen molar-refractivity contribution in [1.82, 2.24) is 9.80 Å². The predicted molar refractivity (Wildman–Crippen MR) is 130 cm³/mol. The van der Waals surface area contributed by atoms with Crippen molar-refractivity contribution < 1.29 is 13.2 Å². The van der Waals surface area contributed by atoms with Crippen LogP contribution in [-0.2, 0) is 21.1 Å². The predicted octanol–water partition coefficient (Wildman–Crippen LogP) is 4.32. The Balaban J connectivity index is 1.48. The minimum absolute atomic E-state index is 0.0247. The van der Waals surface area contributed by atoms with Gasteiger partial charge in [0.05, 0.1) is 16.7 Å². The zero-order chi connectivity index (χ0) is 23.1. The third-order valence-corrected chi connectivity index (χ3v) is 7.82. The first-order valence-electron chi connectivity index (χ1n) is 11.3. The first kappa shape index (κ1) is 24.7. The van der Waals surface area contributed by atoms with E-state index in [2.05, 4.69) is 17.0 Å². The second-order valence-corrected chi connectivity index (χ2v) is 11.1. The fourth-order valence-electron chi connectivity index (χ4n) is 4.35. The molecule has 1 aliphatic rings. The normalized spacial score (nSPS) is 16.6. The molecule has 1 aliphatic heterocycles. The highest BCUT2D eigenvalue weighted by Gasteiger charge is 2.27. The minimum Gasteiger partial charge on any atom is -0.340 e. The van der Waals surface area contributed by atoms with E-state index in [1.807, 2.05) is 30.0 Å². The molecule has 7 heteroatoms. The van der Waals surface area contributed by atoms with Gasteiger partial charge in [-0.2, -0.15) is 0 Å². The van der Waals surface area contributed by atoms with Gasteiger partial charge in [-0.3, -0.25) is 4.79 Å². The number of benzene rings is 2. The van der Waals surface area contributed by atoms with Gasteiger partial charge in [0.2, 0.25) is 5.91 Å². The molecular formula is C25H33ClN2O3S. The summed E-state index contributed by atoms with van der Waals surface area (Å²) >= 11 is 6.57. The summed E-state index contributed by atoms with van der Waals surface area (Å²) in [5, 5.41) is 0.0247. The maximum absolute atomic E-state index is 13.0. The van der Waals surface area contributed by atoms with Gasteiger partial charge in [0, 0.05) is 31.9 Å².